The van der Waals surface area contributed by atoms with Crippen molar-refractivity contribution in [2.24, 2.45) is 0 Å². The Hall–Kier alpha value is -3.02. The summed E-state index contributed by atoms with van der Waals surface area (Å²) in [4.78, 5) is 25.4. The van der Waals surface area contributed by atoms with Crippen molar-refractivity contribution in [3.05, 3.63) is 53.6 Å². The average Bonchev–Trinajstić information content (AvgIpc) is 2.74. The van der Waals surface area contributed by atoms with E-state index in [1.165, 1.54) is 0 Å². The summed E-state index contributed by atoms with van der Waals surface area (Å²) in [5, 5.41) is 0. The van der Waals surface area contributed by atoms with E-state index >= 15 is 0 Å². The molecule has 0 bridgehead atoms. The fourth-order valence-corrected chi connectivity index (χ4v) is 2.88. The number of rotatable bonds is 11. The van der Waals surface area contributed by atoms with Crippen LogP contribution in [0.3, 0.4) is 0 Å². The van der Waals surface area contributed by atoms with Gasteiger partial charge < -0.3 is 23.9 Å². The van der Waals surface area contributed by atoms with Crippen molar-refractivity contribution in [3.8, 4) is 17.2 Å². The SMILES string of the molecule is CCN(Cc1ccc(OC)c(OC)c1)C(=O)COc1ccc(CCC(C)=O)cc1. The van der Waals surface area contributed by atoms with Crippen LogP contribution in [-0.2, 0) is 22.6 Å². The maximum Gasteiger partial charge on any atom is 0.260 e. The van der Waals surface area contributed by atoms with Crippen molar-refractivity contribution >= 4 is 11.7 Å². The lowest BCUT2D eigenvalue weighted by atomic mass is 10.1. The van der Waals surface area contributed by atoms with Crippen LogP contribution in [0, 0.1) is 0 Å². The van der Waals surface area contributed by atoms with Gasteiger partial charge in [0.25, 0.3) is 5.91 Å². The second kappa shape index (κ2) is 11.1. The predicted octanol–water partition coefficient (Wildman–Crippen LogP) is 3.65. The van der Waals surface area contributed by atoms with Gasteiger partial charge in [-0.15, -0.1) is 0 Å². The number of ether oxygens (including phenoxy) is 3. The topological polar surface area (TPSA) is 65.1 Å². The number of aryl methyl sites for hydroxylation is 1. The molecule has 1 amide bonds. The number of likely N-dealkylation sites (N-methyl/N-ethyl adjacent to an activating group) is 1. The summed E-state index contributed by atoms with van der Waals surface area (Å²) in [6.07, 6.45) is 1.24. The maximum absolute atomic E-state index is 12.6. The first-order valence-corrected chi connectivity index (χ1v) is 9.66. The summed E-state index contributed by atoms with van der Waals surface area (Å²) in [6, 6.07) is 13.1. The summed E-state index contributed by atoms with van der Waals surface area (Å²) in [6.45, 7) is 4.52. The van der Waals surface area contributed by atoms with Crippen LogP contribution in [0.1, 0.15) is 31.4 Å². The van der Waals surface area contributed by atoms with E-state index in [-0.39, 0.29) is 18.3 Å². The van der Waals surface area contributed by atoms with Gasteiger partial charge in [-0.3, -0.25) is 4.79 Å². The van der Waals surface area contributed by atoms with Crippen LogP contribution in [0.25, 0.3) is 0 Å². The second-order valence-electron chi connectivity index (χ2n) is 6.73. The Balaban J connectivity index is 1.92. The highest BCUT2D eigenvalue weighted by Crippen LogP contribution is 2.28. The van der Waals surface area contributed by atoms with Gasteiger partial charge in [0.1, 0.15) is 11.5 Å². The molecule has 2 rings (SSSR count). The zero-order valence-electron chi connectivity index (χ0n) is 17.6. The average molecular weight is 399 g/mol. The lowest BCUT2D eigenvalue weighted by molar-refractivity contribution is -0.133. The summed E-state index contributed by atoms with van der Waals surface area (Å²) in [5.41, 5.74) is 2.02. The minimum atomic E-state index is -0.0945. The third-order valence-corrected chi connectivity index (χ3v) is 4.61. The van der Waals surface area contributed by atoms with Crippen LogP contribution < -0.4 is 14.2 Å². The van der Waals surface area contributed by atoms with Gasteiger partial charge >= 0.3 is 0 Å². The number of benzene rings is 2. The van der Waals surface area contributed by atoms with Gasteiger partial charge in [0.05, 0.1) is 14.2 Å². The zero-order chi connectivity index (χ0) is 21.2. The fourth-order valence-electron chi connectivity index (χ4n) is 2.88. The minimum absolute atomic E-state index is 0.0338. The standard InChI is InChI=1S/C23H29NO5/c1-5-24(15-19-10-13-21(27-3)22(14-19)28-4)23(26)16-29-20-11-8-18(9-12-20)7-6-17(2)25/h8-14H,5-7,15-16H2,1-4H3. The van der Waals surface area contributed by atoms with E-state index in [2.05, 4.69) is 0 Å². The highest BCUT2D eigenvalue weighted by atomic mass is 16.5. The molecule has 0 aliphatic heterocycles. The van der Waals surface area contributed by atoms with Crippen molar-refractivity contribution in [3.63, 3.8) is 0 Å². The third-order valence-electron chi connectivity index (χ3n) is 4.61. The number of hydrogen-bond acceptors (Lipinski definition) is 5. The molecule has 6 heteroatoms. The summed E-state index contributed by atoms with van der Waals surface area (Å²) in [7, 11) is 3.18. The molecule has 0 N–H and O–H groups in total. The lowest BCUT2D eigenvalue weighted by Gasteiger charge is -2.22. The van der Waals surface area contributed by atoms with E-state index in [0.717, 1.165) is 11.1 Å². The summed E-state index contributed by atoms with van der Waals surface area (Å²) >= 11 is 0. The Morgan fingerprint density at radius 1 is 0.931 bits per heavy atom. The molecule has 0 unspecified atom stereocenters. The van der Waals surface area contributed by atoms with E-state index in [1.54, 1.807) is 26.0 Å². The van der Waals surface area contributed by atoms with Gasteiger partial charge in [-0.25, -0.2) is 0 Å². The highest BCUT2D eigenvalue weighted by Gasteiger charge is 2.14. The third kappa shape index (κ3) is 6.82. The molecule has 0 aliphatic carbocycles. The first kappa shape index (κ1) is 22.3. The molecule has 0 saturated carbocycles. The summed E-state index contributed by atoms with van der Waals surface area (Å²) in [5.74, 6) is 2.00. The van der Waals surface area contributed by atoms with Crippen LogP contribution >= 0.6 is 0 Å². The smallest absolute Gasteiger partial charge is 0.260 e. The van der Waals surface area contributed by atoms with E-state index in [1.807, 2.05) is 49.4 Å². The molecule has 0 fully saturated rings. The number of Topliss-reactive ketones (excluding diaryl/α,β-unsaturated/α-hetero) is 1. The first-order chi connectivity index (χ1) is 14.0. The highest BCUT2D eigenvalue weighted by molar-refractivity contribution is 5.77. The maximum atomic E-state index is 12.6. The molecule has 0 heterocycles. The Bertz CT molecular complexity index is 817. The van der Waals surface area contributed by atoms with Gasteiger partial charge in [0.15, 0.2) is 18.1 Å². The van der Waals surface area contributed by atoms with Crippen LogP contribution in [0.4, 0.5) is 0 Å². The molecule has 0 aromatic heterocycles. The number of ketones is 1. The van der Waals surface area contributed by atoms with Crippen LogP contribution in [-0.4, -0.2) is 44.0 Å². The molecule has 2 aromatic rings. The summed E-state index contributed by atoms with van der Waals surface area (Å²) < 4.78 is 16.2. The van der Waals surface area contributed by atoms with E-state index in [4.69, 9.17) is 14.2 Å². The van der Waals surface area contributed by atoms with Crippen molar-refractivity contribution in [1.29, 1.82) is 0 Å². The van der Waals surface area contributed by atoms with Crippen molar-refractivity contribution in [1.82, 2.24) is 4.90 Å². The Morgan fingerprint density at radius 3 is 2.17 bits per heavy atom. The quantitative estimate of drug-likeness (QED) is 0.577. The van der Waals surface area contributed by atoms with Gasteiger partial charge in [0.2, 0.25) is 0 Å². The first-order valence-electron chi connectivity index (χ1n) is 9.66. The second-order valence-corrected chi connectivity index (χ2v) is 6.73. The minimum Gasteiger partial charge on any atom is -0.493 e. The van der Waals surface area contributed by atoms with Gasteiger partial charge in [-0.2, -0.15) is 0 Å². The normalized spacial score (nSPS) is 10.3. The van der Waals surface area contributed by atoms with E-state index < -0.39 is 0 Å². The van der Waals surface area contributed by atoms with Crippen LogP contribution in [0.5, 0.6) is 17.2 Å². The molecular weight excluding hydrogens is 370 g/mol. The Labute approximate surface area is 172 Å². The number of amides is 1. The van der Waals surface area contributed by atoms with E-state index in [9.17, 15) is 9.59 Å². The zero-order valence-corrected chi connectivity index (χ0v) is 17.6. The van der Waals surface area contributed by atoms with Gasteiger partial charge in [-0.05, 0) is 55.7 Å². The molecule has 2 aromatic carbocycles. The molecule has 6 nitrogen and oxygen atoms in total. The largest absolute Gasteiger partial charge is 0.493 e. The van der Waals surface area contributed by atoms with Crippen molar-refractivity contribution in [2.75, 3.05) is 27.4 Å². The number of methoxy groups -OCH3 is 2. The molecule has 0 radical (unpaired) electrons. The Kier molecular flexibility index (Phi) is 8.52. The van der Waals surface area contributed by atoms with Gasteiger partial charge in [0, 0.05) is 19.5 Å². The number of nitrogens with zero attached hydrogens (tertiary/aromatic N) is 1. The van der Waals surface area contributed by atoms with Crippen LogP contribution in [0.2, 0.25) is 0 Å². The number of carbonyl (C=O) groups excluding carboxylic acids is 2. The predicted molar refractivity (Wildman–Crippen MR) is 112 cm³/mol. The molecular formula is C23H29NO5. The number of hydrogen-bond donors (Lipinski definition) is 0. The molecule has 0 atom stereocenters. The number of carbonyl (C=O) groups is 2. The molecule has 0 spiro atoms. The van der Waals surface area contributed by atoms with Crippen LogP contribution in [0.15, 0.2) is 42.5 Å². The lowest BCUT2D eigenvalue weighted by Crippen LogP contribution is -2.34. The molecule has 0 saturated heterocycles. The van der Waals surface area contributed by atoms with E-state index in [0.29, 0.717) is 43.2 Å². The van der Waals surface area contributed by atoms with Crippen molar-refractivity contribution < 1.29 is 23.8 Å². The fraction of sp³-hybridized carbons (Fsp3) is 0.391. The van der Waals surface area contributed by atoms with Gasteiger partial charge in [-0.1, -0.05) is 18.2 Å². The Morgan fingerprint density at radius 2 is 1.59 bits per heavy atom. The monoisotopic (exact) mass is 399 g/mol. The molecule has 29 heavy (non-hydrogen) atoms. The molecule has 156 valence electrons. The molecule has 0 aliphatic rings. The van der Waals surface area contributed by atoms with Crippen molar-refractivity contribution in [2.45, 2.75) is 33.2 Å².